The number of methoxy groups -OCH3 is 2. The maximum absolute atomic E-state index is 9.74. The first-order valence-electron chi connectivity index (χ1n) is 4.92. The molecular weight excluding hydrogens is 210 g/mol. The molecule has 0 heterocycles. The van der Waals surface area contributed by atoms with Crippen LogP contribution in [0.1, 0.15) is 24.1 Å². The van der Waals surface area contributed by atoms with E-state index in [1.54, 1.807) is 20.1 Å². The number of phenols is 1. The molecular formula is C11H17NO4. The highest BCUT2D eigenvalue weighted by Gasteiger charge is 2.14. The summed E-state index contributed by atoms with van der Waals surface area (Å²) in [5.74, 6) is 0.638. The standard InChI is InChI=1S/C11H17NO4/c1-7(12-14)9-4-8(6-15-2)11(16-3)5-10(9)13/h4-5,7,12-14H,6H2,1-3H3. The molecule has 1 unspecified atom stereocenters. The Balaban J connectivity index is 3.16. The van der Waals surface area contributed by atoms with Gasteiger partial charge in [0.2, 0.25) is 0 Å². The summed E-state index contributed by atoms with van der Waals surface area (Å²) in [7, 11) is 3.11. The van der Waals surface area contributed by atoms with Crippen LogP contribution in [0.2, 0.25) is 0 Å². The SMILES string of the molecule is COCc1cc(C(C)NO)c(O)cc1OC. The minimum absolute atomic E-state index is 0.0748. The molecule has 5 nitrogen and oxygen atoms in total. The third-order valence-electron chi connectivity index (χ3n) is 2.39. The van der Waals surface area contributed by atoms with Crippen molar-refractivity contribution in [2.24, 2.45) is 0 Å². The average Bonchev–Trinajstić information content (AvgIpc) is 2.30. The van der Waals surface area contributed by atoms with Crippen molar-refractivity contribution in [3.05, 3.63) is 23.3 Å². The molecule has 0 aromatic heterocycles. The largest absolute Gasteiger partial charge is 0.507 e. The van der Waals surface area contributed by atoms with E-state index in [9.17, 15) is 5.11 Å². The predicted molar refractivity (Wildman–Crippen MR) is 58.7 cm³/mol. The van der Waals surface area contributed by atoms with Crippen molar-refractivity contribution in [3.63, 3.8) is 0 Å². The molecule has 0 spiro atoms. The molecule has 0 amide bonds. The van der Waals surface area contributed by atoms with Crippen molar-refractivity contribution in [1.29, 1.82) is 0 Å². The first-order valence-corrected chi connectivity index (χ1v) is 4.92. The topological polar surface area (TPSA) is 71.0 Å². The lowest BCUT2D eigenvalue weighted by Crippen LogP contribution is -2.13. The minimum Gasteiger partial charge on any atom is -0.507 e. The summed E-state index contributed by atoms with van der Waals surface area (Å²) in [4.78, 5) is 0. The Kier molecular flexibility index (Phi) is 4.54. The van der Waals surface area contributed by atoms with Gasteiger partial charge in [-0.3, -0.25) is 0 Å². The number of hydrogen-bond donors (Lipinski definition) is 3. The molecule has 0 aliphatic carbocycles. The van der Waals surface area contributed by atoms with Crippen LogP contribution in [0.4, 0.5) is 0 Å². The van der Waals surface area contributed by atoms with E-state index in [1.165, 1.54) is 13.2 Å². The van der Waals surface area contributed by atoms with Crippen LogP contribution in [0, 0.1) is 0 Å². The van der Waals surface area contributed by atoms with Crippen LogP contribution >= 0.6 is 0 Å². The van der Waals surface area contributed by atoms with Crippen LogP contribution in [0.25, 0.3) is 0 Å². The van der Waals surface area contributed by atoms with Crippen molar-refractivity contribution in [1.82, 2.24) is 5.48 Å². The number of hydroxylamine groups is 1. The Morgan fingerprint density at radius 3 is 2.56 bits per heavy atom. The molecule has 1 atom stereocenters. The number of benzene rings is 1. The number of ether oxygens (including phenoxy) is 2. The molecule has 0 radical (unpaired) electrons. The van der Waals surface area contributed by atoms with E-state index in [1.807, 2.05) is 0 Å². The maximum Gasteiger partial charge on any atom is 0.128 e. The summed E-state index contributed by atoms with van der Waals surface area (Å²) in [6.45, 7) is 2.12. The highest BCUT2D eigenvalue weighted by atomic mass is 16.5. The number of aromatic hydroxyl groups is 1. The van der Waals surface area contributed by atoms with Gasteiger partial charge in [-0.05, 0) is 13.0 Å². The Morgan fingerprint density at radius 1 is 1.38 bits per heavy atom. The maximum atomic E-state index is 9.74. The Morgan fingerprint density at radius 2 is 2.06 bits per heavy atom. The van der Waals surface area contributed by atoms with Crippen LogP contribution < -0.4 is 10.2 Å². The molecule has 1 aromatic carbocycles. The predicted octanol–water partition coefficient (Wildman–Crippen LogP) is 1.59. The molecule has 5 heteroatoms. The summed E-state index contributed by atoms with van der Waals surface area (Å²) in [5, 5.41) is 18.6. The van der Waals surface area contributed by atoms with Gasteiger partial charge in [0.25, 0.3) is 0 Å². The summed E-state index contributed by atoms with van der Waals surface area (Å²) in [6.07, 6.45) is 0. The summed E-state index contributed by atoms with van der Waals surface area (Å²) in [6, 6.07) is 2.89. The molecule has 0 saturated carbocycles. The second-order valence-corrected chi connectivity index (χ2v) is 3.51. The van der Waals surface area contributed by atoms with Crippen LogP contribution in [-0.4, -0.2) is 24.5 Å². The minimum atomic E-state index is -0.360. The van der Waals surface area contributed by atoms with Gasteiger partial charge in [-0.2, -0.15) is 5.48 Å². The quantitative estimate of drug-likeness (QED) is 0.666. The summed E-state index contributed by atoms with van der Waals surface area (Å²) < 4.78 is 10.2. The third-order valence-corrected chi connectivity index (χ3v) is 2.39. The monoisotopic (exact) mass is 227 g/mol. The number of phenolic OH excluding ortho intramolecular Hbond substituents is 1. The van der Waals surface area contributed by atoms with Crippen molar-refractivity contribution in [3.8, 4) is 11.5 Å². The van der Waals surface area contributed by atoms with Crippen molar-refractivity contribution >= 4 is 0 Å². The molecule has 0 aliphatic heterocycles. The lowest BCUT2D eigenvalue weighted by Gasteiger charge is -2.15. The van der Waals surface area contributed by atoms with E-state index in [0.29, 0.717) is 17.9 Å². The second-order valence-electron chi connectivity index (χ2n) is 3.51. The van der Waals surface area contributed by atoms with Gasteiger partial charge in [0.05, 0.1) is 19.8 Å². The lowest BCUT2D eigenvalue weighted by molar-refractivity contribution is 0.132. The van der Waals surface area contributed by atoms with Crippen LogP contribution in [0.5, 0.6) is 11.5 Å². The van der Waals surface area contributed by atoms with Crippen LogP contribution in [0.3, 0.4) is 0 Å². The zero-order chi connectivity index (χ0) is 12.1. The van der Waals surface area contributed by atoms with Gasteiger partial charge >= 0.3 is 0 Å². The lowest BCUT2D eigenvalue weighted by atomic mass is 10.0. The molecule has 1 aromatic rings. The Labute approximate surface area is 94.6 Å². The highest BCUT2D eigenvalue weighted by molar-refractivity contribution is 5.46. The zero-order valence-electron chi connectivity index (χ0n) is 9.65. The Hall–Kier alpha value is -1.30. The van der Waals surface area contributed by atoms with Gasteiger partial charge in [-0.1, -0.05) is 0 Å². The Bertz CT molecular complexity index is 354. The van der Waals surface area contributed by atoms with E-state index in [-0.39, 0.29) is 11.8 Å². The molecule has 16 heavy (non-hydrogen) atoms. The van der Waals surface area contributed by atoms with Crippen molar-refractivity contribution in [2.75, 3.05) is 14.2 Å². The average molecular weight is 227 g/mol. The van der Waals surface area contributed by atoms with Gasteiger partial charge in [0, 0.05) is 24.3 Å². The molecule has 0 bridgehead atoms. The highest BCUT2D eigenvalue weighted by Crippen LogP contribution is 2.32. The van der Waals surface area contributed by atoms with Gasteiger partial charge in [0.15, 0.2) is 0 Å². The summed E-state index contributed by atoms with van der Waals surface area (Å²) in [5.41, 5.74) is 3.50. The fourth-order valence-corrected chi connectivity index (χ4v) is 1.51. The van der Waals surface area contributed by atoms with Gasteiger partial charge in [-0.25, -0.2) is 0 Å². The molecule has 0 fully saturated rings. The first-order chi connectivity index (χ1) is 7.63. The van der Waals surface area contributed by atoms with E-state index < -0.39 is 0 Å². The van der Waals surface area contributed by atoms with E-state index in [4.69, 9.17) is 14.7 Å². The number of rotatable bonds is 5. The normalized spacial score (nSPS) is 12.5. The molecule has 0 aliphatic rings. The number of hydrogen-bond acceptors (Lipinski definition) is 5. The van der Waals surface area contributed by atoms with Crippen LogP contribution in [0.15, 0.2) is 12.1 Å². The third kappa shape index (κ3) is 2.63. The van der Waals surface area contributed by atoms with Gasteiger partial charge in [-0.15, -0.1) is 0 Å². The van der Waals surface area contributed by atoms with Crippen LogP contribution in [-0.2, 0) is 11.3 Å². The summed E-state index contributed by atoms with van der Waals surface area (Å²) >= 11 is 0. The fourth-order valence-electron chi connectivity index (χ4n) is 1.51. The van der Waals surface area contributed by atoms with Gasteiger partial charge < -0.3 is 19.8 Å². The van der Waals surface area contributed by atoms with Gasteiger partial charge in [0.1, 0.15) is 11.5 Å². The molecule has 1 rings (SSSR count). The zero-order valence-corrected chi connectivity index (χ0v) is 9.65. The van der Waals surface area contributed by atoms with E-state index >= 15 is 0 Å². The van der Waals surface area contributed by atoms with E-state index in [2.05, 4.69) is 5.48 Å². The molecule has 90 valence electrons. The molecule has 3 N–H and O–H groups in total. The van der Waals surface area contributed by atoms with Crippen molar-refractivity contribution < 1.29 is 19.8 Å². The van der Waals surface area contributed by atoms with E-state index in [0.717, 1.165) is 5.56 Å². The fraction of sp³-hybridized carbons (Fsp3) is 0.455. The number of nitrogens with one attached hydrogen (secondary N) is 1. The second kappa shape index (κ2) is 5.69. The smallest absolute Gasteiger partial charge is 0.128 e. The molecule has 0 saturated heterocycles. The van der Waals surface area contributed by atoms with Crippen molar-refractivity contribution in [2.45, 2.75) is 19.6 Å². The first kappa shape index (κ1) is 12.8.